The first-order valence-corrected chi connectivity index (χ1v) is 8.79. The predicted octanol–water partition coefficient (Wildman–Crippen LogP) is 1.14. The van der Waals surface area contributed by atoms with Crippen molar-refractivity contribution >= 4 is 40.0 Å². The van der Waals surface area contributed by atoms with Gasteiger partial charge in [-0.05, 0) is 24.1 Å². The smallest absolute Gasteiger partial charge is 0.214 e. The third-order valence-electron chi connectivity index (χ3n) is 3.45. The van der Waals surface area contributed by atoms with Gasteiger partial charge in [0.25, 0.3) is 0 Å². The number of nitrogens with zero attached hydrogens (tertiary/aromatic N) is 2. The fraction of sp³-hybridized carbons (Fsp3) is 0.500. The van der Waals surface area contributed by atoms with Crippen LogP contribution in [0.3, 0.4) is 0 Å². The third kappa shape index (κ3) is 6.22. The van der Waals surface area contributed by atoms with Crippen LogP contribution in [0.5, 0.6) is 0 Å². The van der Waals surface area contributed by atoms with Crippen LogP contribution in [-0.2, 0) is 16.6 Å². The summed E-state index contributed by atoms with van der Waals surface area (Å²) >= 11 is 0. The molecule has 1 heterocycles. The van der Waals surface area contributed by atoms with Gasteiger partial charge in [-0.3, -0.25) is 4.99 Å². The average molecular weight is 456 g/mol. The topological polar surface area (TPSA) is 73.8 Å². The van der Waals surface area contributed by atoms with Gasteiger partial charge in [0.1, 0.15) is 5.82 Å². The van der Waals surface area contributed by atoms with E-state index in [2.05, 4.69) is 15.6 Å². The molecule has 1 aliphatic heterocycles. The Hall–Kier alpha value is -0.940. The number of halogens is 2. The van der Waals surface area contributed by atoms with E-state index in [1.807, 2.05) is 0 Å². The maximum atomic E-state index is 12.8. The highest BCUT2D eigenvalue weighted by Crippen LogP contribution is 2.11. The van der Waals surface area contributed by atoms with Gasteiger partial charge < -0.3 is 10.6 Å². The summed E-state index contributed by atoms with van der Waals surface area (Å²) in [5.74, 6) is 0.559. The van der Waals surface area contributed by atoms with Crippen molar-refractivity contribution in [1.29, 1.82) is 0 Å². The van der Waals surface area contributed by atoms with Gasteiger partial charge in [0.2, 0.25) is 10.0 Å². The number of rotatable bonds is 5. The van der Waals surface area contributed by atoms with E-state index in [0.717, 1.165) is 5.56 Å². The van der Waals surface area contributed by atoms with E-state index in [4.69, 9.17) is 0 Å². The maximum Gasteiger partial charge on any atom is 0.214 e. The Morgan fingerprint density at radius 2 is 2.00 bits per heavy atom. The molecule has 0 amide bonds. The number of nitrogens with one attached hydrogen (secondary N) is 2. The van der Waals surface area contributed by atoms with E-state index >= 15 is 0 Å². The van der Waals surface area contributed by atoms with Crippen molar-refractivity contribution < 1.29 is 12.8 Å². The monoisotopic (exact) mass is 456 g/mol. The van der Waals surface area contributed by atoms with Crippen molar-refractivity contribution in [2.75, 3.05) is 32.4 Å². The summed E-state index contributed by atoms with van der Waals surface area (Å²) in [7, 11) is -1.41. The van der Waals surface area contributed by atoms with Crippen LogP contribution < -0.4 is 10.6 Å². The lowest BCUT2D eigenvalue weighted by molar-refractivity contribution is 0.445. The molecule has 0 aliphatic carbocycles. The molecule has 6 nitrogen and oxygen atoms in total. The number of benzene rings is 1. The molecular formula is C14H22FIN4O2S. The van der Waals surface area contributed by atoms with Gasteiger partial charge in [-0.2, -0.15) is 0 Å². The van der Waals surface area contributed by atoms with Crippen molar-refractivity contribution in [3.63, 3.8) is 0 Å². The summed E-state index contributed by atoms with van der Waals surface area (Å²) in [4.78, 5) is 4.07. The van der Waals surface area contributed by atoms with Crippen molar-refractivity contribution in [3.8, 4) is 0 Å². The number of hydrogen-bond donors (Lipinski definition) is 2. The molecule has 1 fully saturated rings. The molecule has 1 aromatic carbocycles. The van der Waals surface area contributed by atoms with E-state index < -0.39 is 10.0 Å². The molecule has 2 rings (SSSR count). The quantitative estimate of drug-likeness (QED) is 0.396. The zero-order valence-electron chi connectivity index (χ0n) is 13.0. The normalized spacial score (nSPS) is 17.6. The van der Waals surface area contributed by atoms with Gasteiger partial charge in [-0.15, -0.1) is 24.0 Å². The summed E-state index contributed by atoms with van der Waals surface area (Å²) in [6.45, 7) is 2.02. The Bertz CT molecular complexity index is 622. The molecule has 0 aromatic heterocycles. The number of guanidine groups is 1. The van der Waals surface area contributed by atoms with Crippen LogP contribution in [0.4, 0.5) is 4.39 Å². The van der Waals surface area contributed by atoms with Crippen LogP contribution in [0.15, 0.2) is 29.3 Å². The largest absolute Gasteiger partial charge is 0.355 e. The lowest BCUT2D eigenvalue weighted by atomic mass is 10.2. The molecule has 0 radical (unpaired) electrons. The maximum absolute atomic E-state index is 12.8. The van der Waals surface area contributed by atoms with Crippen LogP contribution >= 0.6 is 24.0 Å². The van der Waals surface area contributed by atoms with Crippen LogP contribution in [0.2, 0.25) is 0 Å². The molecule has 0 atom stereocenters. The van der Waals surface area contributed by atoms with Crippen molar-refractivity contribution in [3.05, 3.63) is 35.6 Å². The van der Waals surface area contributed by atoms with Gasteiger partial charge in [0, 0.05) is 33.2 Å². The molecule has 1 aliphatic rings. The van der Waals surface area contributed by atoms with Crippen molar-refractivity contribution in [2.45, 2.75) is 13.0 Å². The van der Waals surface area contributed by atoms with Gasteiger partial charge in [0.15, 0.2) is 5.96 Å². The summed E-state index contributed by atoms with van der Waals surface area (Å²) in [5.41, 5.74) is 0.937. The lowest BCUT2D eigenvalue weighted by Gasteiger charge is -2.16. The number of aliphatic imine (C=N–C) groups is 1. The molecule has 1 aromatic rings. The Kier molecular flexibility index (Phi) is 8.20. The van der Waals surface area contributed by atoms with E-state index in [9.17, 15) is 12.8 Å². The molecule has 2 N–H and O–H groups in total. The fourth-order valence-corrected chi connectivity index (χ4v) is 3.78. The molecule has 1 saturated heterocycles. The molecule has 9 heteroatoms. The van der Waals surface area contributed by atoms with Gasteiger partial charge >= 0.3 is 0 Å². The zero-order chi connectivity index (χ0) is 16.0. The average Bonchev–Trinajstić information content (AvgIpc) is 2.83. The first-order valence-electron chi connectivity index (χ1n) is 7.18. The second kappa shape index (κ2) is 9.38. The molecule has 130 valence electrons. The third-order valence-corrected chi connectivity index (χ3v) is 5.41. The lowest BCUT2D eigenvalue weighted by Crippen LogP contribution is -2.41. The Morgan fingerprint density at radius 3 is 2.57 bits per heavy atom. The molecule has 0 unspecified atom stereocenters. The van der Waals surface area contributed by atoms with Crippen molar-refractivity contribution in [2.24, 2.45) is 4.99 Å². The van der Waals surface area contributed by atoms with Crippen LogP contribution in [0.1, 0.15) is 12.0 Å². The fourth-order valence-electron chi connectivity index (χ4n) is 2.25. The summed E-state index contributed by atoms with van der Waals surface area (Å²) < 4.78 is 37.6. The predicted molar refractivity (Wildman–Crippen MR) is 100.0 cm³/mol. The van der Waals surface area contributed by atoms with Crippen LogP contribution in [0, 0.1) is 5.82 Å². The first-order chi connectivity index (χ1) is 10.5. The second-order valence-electron chi connectivity index (χ2n) is 5.05. The SMILES string of the molecule is CN=C(NCCN1CCCS1(=O)=O)NCc1ccc(F)cc1.I. The molecule has 0 saturated carbocycles. The number of sulfonamides is 1. The molecule has 0 spiro atoms. The van der Waals surface area contributed by atoms with Gasteiger partial charge in [-0.1, -0.05) is 12.1 Å². The zero-order valence-corrected chi connectivity index (χ0v) is 16.1. The highest BCUT2D eigenvalue weighted by atomic mass is 127. The van der Waals surface area contributed by atoms with Crippen LogP contribution in [0.25, 0.3) is 0 Å². The minimum atomic E-state index is -3.05. The molecule has 0 bridgehead atoms. The highest BCUT2D eigenvalue weighted by molar-refractivity contribution is 14.0. The van der Waals surface area contributed by atoms with Gasteiger partial charge in [-0.25, -0.2) is 17.1 Å². The highest BCUT2D eigenvalue weighted by Gasteiger charge is 2.27. The number of hydrogen-bond acceptors (Lipinski definition) is 3. The van der Waals surface area contributed by atoms with E-state index in [1.165, 1.54) is 16.4 Å². The van der Waals surface area contributed by atoms with Crippen molar-refractivity contribution in [1.82, 2.24) is 14.9 Å². The summed E-state index contributed by atoms with van der Waals surface area (Å²) in [5, 5.41) is 6.17. The van der Waals surface area contributed by atoms with E-state index in [1.54, 1.807) is 19.2 Å². The Balaban J connectivity index is 0.00000264. The Labute approximate surface area is 153 Å². The first kappa shape index (κ1) is 20.1. The second-order valence-corrected chi connectivity index (χ2v) is 7.14. The Morgan fingerprint density at radius 1 is 1.30 bits per heavy atom. The summed E-state index contributed by atoms with van der Waals surface area (Å²) in [6.07, 6.45) is 0.694. The summed E-state index contributed by atoms with van der Waals surface area (Å²) in [6, 6.07) is 6.22. The minimum absolute atomic E-state index is 0. The molecule has 23 heavy (non-hydrogen) atoms. The van der Waals surface area contributed by atoms with E-state index in [0.29, 0.717) is 38.6 Å². The van der Waals surface area contributed by atoms with Crippen LogP contribution in [-0.4, -0.2) is 51.1 Å². The van der Waals surface area contributed by atoms with Gasteiger partial charge in [0.05, 0.1) is 5.75 Å². The van der Waals surface area contributed by atoms with E-state index in [-0.39, 0.29) is 35.5 Å². The standard InChI is InChI=1S/C14H21FN4O2S.HI/c1-16-14(18-11-12-3-5-13(15)6-4-12)17-7-9-19-8-2-10-22(19,20)21;/h3-6H,2,7-11H2,1H3,(H2,16,17,18);1H. The molecular weight excluding hydrogens is 434 g/mol. The minimum Gasteiger partial charge on any atom is -0.355 e.